The number of hydrogen-bond acceptors (Lipinski definition) is 4. The van der Waals surface area contributed by atoms with Gasteiger partial charge in [0.05, 0.1) is 17.7 Å². The van der Waals surface area contributed by atoms with Gasteiger partial charge in [0.25, 0.3) is 5.91 Å². The van der Waals surface area contributed by atoms with Gasteiger partial charge >= 0.3 is 5.97 Å². The standard InChI is InChI=1S/C14H18ClNO3S/c1-4-7-16(9-13(17)19-2)14(18)11-8-10(20-3)5-6-12(11)15/h5-6,8H,4,7,9H2,1-3H3. The van der Waals surface area contributed by atoms with Crippen LogP contribution in [0.25, 0.3) is 0 Å². The first kappa shape index (κ1) is 16.9. The summed E-state index contributed by atoms with van der Waals surface area (Å²) in [7, 11) is 1.30. The molecule has 0 aliphatic rings. The fourth-order valence-electron chi connectivity index (χ4n) is 1.71. The summed E-state index contributed by atoms with van der Waals surface area (Å²) < 4.78 is 4.62. The smallest absolute Gasteiger partial charge is 0.325 e. The van der Waals surface area contributed by atoms with E-state index in [-0.39, 0.29) is 12.5 Å². The Hall–Kier alpha value is -1.20. The summed E-state index contributed by atoms with van der Waals surface area (Å²) in [6.07, 6.45) is 2.68. The van der Waals surface area contributed by atoms with Gasteiger partial charge in [0, 0.05) is 11.4 Å². The summed E-state index contributed by atoms with van der Waals surface area (Å²) in [5, 5.41) is 0.388. The molecule has 6 heteroatoms. The molecule has 1 rings (SSSR count). The SMILES string of the molecule is CCCN(CC(=O)OC)C(=O)c1cc(SC)ccc1Cl. The average Bonchev–Trinajstić information content (AvgIpc) is 2.46. The molecule has 0 radical (unpaired) electrons. The topological polar surface area (TPSA) is 46.6 Å². The molecule has 1 aromatic rings. The van der Waals surface area contributed by atoms with Crippen LogP contribution in [0, 0.1) is 0 Å². The third-order valence-electron chi connectivity index (χ3n) is 2.73. The van der Waals surface area contributed by atoms with E-state index in [1.807, 2.05) is 19.2 Å². The predicted molar refractivity (Wildman–Crippen MR) is 81.4 cm³/mol. The first-order valence-corrected chi connectivity index (χ1v) is 7.83. The second kappa shape index (κ2) is 8.17. The van der Waals surface area contributed by atoms with Crippen molar-refractivity contribution in [3.8, 4) is 0 Å². The third kappa shape index (κ3) is 4.42. The largest absolute Gasteiger partial charge is 0.468 e. The molecule has 0 aliphatic carbocycles. The Balaban J connectivity index is 3.01. The Morgan fingerprint density at radius 3 is 2.65 bits per heavy atom. The molecule has 0 saturated heterocycles. The number of esters is 1. The van der Waals surface area contributed by atoms with Crippen LogP contribution in [-0.4, -0.2) is 43.2 Å². The number of thioether (sulfide) groups is 1. The minimum atomic E-state index is -0.441. The van der Waals surface area contributed by atoms with E-state index in [1.54, 1.807) is 12.1 Å². The zero-order valence-corrected chi connectivity index (χ0v) is 13.4. The molecular formula is C14H18ClNO3S. The van der Waals surface area contributed by atoms with Gasteiger partial charge in [-0.15, -0.1) is 11.8 Å². The van der Waals surface area contributed by atoms with Gasteiger partial charge in [0.1, 0.15) is 6.54 Å². The van der Waals surface area contributed by atoms with Gasteiger partial charge in [-0.3, -0.25) is 9.59 Å². The summed E-state index contributed by atoms with van der Waals surface area (Å²) in [5.41, 5.74) is 0.413. The Kier molecular flexibility index (Phi) is 6.88. The second-order valence-corrected chi connectivity index (χ2v) is 5.44. The summed E-state index contributed by atoms with van der Waals surface area (Å²) in [5.74, 6) is -0.693. The quantitative estimate of drug-likeness (QED) is 0.598. The molecule has 0 spiro atoms. The molecule has 0 aromatic heterocycles. The lowest BCUT2D eigenvalue weighted by Gasteiger charge is -2.21. The Morgan fingerprint density at radius 1 is 1.40 bits per heavy atom. The van der Waals surface area contributed by atoms with Crippen LogP contribution in [0.3, 0.4) is 0 Å². The molecule has 0 saturated carbocycles. The average molecular weight is 316 g/mol. The van der Waals surface area contributed by atoms with Crippen molar-refractivity contribution in [1.82, 2.24) is 4.90 Å². The summed E-state index contributed by atoms with van der Waals surface area (Å²) >= 11 is 7.62. The number of carbonyl (C=O) groups excluding carboxylic acids is 2. The van der Waals surface area contributed by atoms with Crippen LogP contribution in [0.15, 0.2) is 23.1 Å². The maximum atomic E-state index is 12.5. The number of benzene rings is 1. The molecule has 0 fully saturated rings. The molecular weight excluding hydrogens is 298 g/mol. The fourth-order valence-corrected chi connectivity index (χ4v) is 2.35. The van der Waals surface area contributed by atoms with Crippen molar-refractivity contribution in [1.29, 1.82) is 0 Å². The lowest BCUT2D eigenvalue weighted by atomic mass is 10.2. The van der Waals surface area contributed by atoms with E-state index in [0.717, 1.165) is 11.3 Å². The van der Waals surface area contributed by atoms with Gasteiger partial charge in [0.15, 0.2) is 0 Å². The second-order valence-electron chi connectivity index (χ2n) is 4.15. The van der Waals surface area contributed by atoms with Crippen LogP contribution in [0.5, 0.6) is 0 Å². The van der Waals surface area contributed by atoms with Gasteiger partial charge < -0.3 is 9.64 Å². The van der Waals surface area contributed by atoms with Gasteiger partial charge in [-0.05, 0) is 30.9 Å². The van der Waals surface area contributed by atoms with E-state index < -0.39 is 5.97 Å². The number of ether oxygens (including phenoxy) is 1. The van der Waals surface area contributed by atoms with Crippen molar-refractivity contribution in [2.24, 2.45) is 0 Å². The highest BCUT2D eigenvalue weighted by molar-refractivity contribution is 7.98. The first-order valence-electron chi connectivity index (χ1n) is 6.23. The van der Waals surface area contributed by atoms with E-state index in [1.165, 1.54) is 23.8 Å². The van der Waals surface area contributed by atoms with Crippen molar-refractivity contribution in [2.75, 3.05) is 26.5 Å². The van der Waals surface area contributed by atoms with Crippen molar-refractivity contribution in [2.45, 2.75) is 18.2 Å². The van der Waals surface area contributed by atoms with Gasteiger partial charge in [0.2, 0.25) is 0 Å². The van der Waals surface area contributed by atoms with Crippen LogP contribution in [-0.2, 0) is 9.53 Å². The molecule has 0 atom stereocenters. The first-order chi connectivity index (χ1) is 9.53. The van der Waals surface area contributed by atoms with E-state index in [4.69, 9.17) is 11.6 Å². The number of halogens is 1. The third-order valence-corrected chi connectivity index (χ3v) is 3.79. The predicted octanol–water partition coefficient (Wildman–Crippen LogP) is 3.09. The van der Waals surface area contributed by atoms with Crippen molar-refractivity contribution in [3.63, 3.8) is 0 Å². The summed E-state index contributed by atoms with van der Waals surface area (Å²) in [4.78, 5) is 26.3. The van der Waals surface area contributed by atoms with Crippen molar-refractivity contribution >= 4 is 35.2 Å². The normalized spacial score (nSPS) is 10.2. The number of rotatable bonds is 6. The maximum Gasteiger partial charge on any atom is 0.325 e. The molecule has 0 bridgehead atoms. The zero-order valence-electron chi connectivity index (χ0n) is 11.8. The highest BCUT2D eigenvalue weighted by atomic mass is 35.5. The van der Waals surface area contributed by atoms with Crippen molar-refractivity contribution < 1.29 is 14.3 Å². The van der Waals surface area contributed by atoms with Gasteiger partial charge in [-0.25, -0.2) is 0 Å². The van der Waals surface area contributed by atoms with Crippen molar-refractivity contribution in [3.05, 3.63) is 28.8 Å². The van der Waals surface area contributed by atoms with E-state index in [9.17, 15) is 9.59 Å². The minimum absolute atomic E-state index is 0.0665. The molecule has 0 aliphatic heterocycles. The van der Waals surface area contributed by atoms with Gasteiger partial charge in [-0.1, -0.05) is 18.5 Å². The molecule has 1 amide bonds. The van der Waals surface area contributed by atoms with Crippen LogP contribution in [0.2, 0.25) is 5.02 Å². The maximum absolute atomic E-state index is 12.5. The van der Waals surface area contributed by atoms with E-state index >= 15 is 0 Å². The van der Waals surface area contributed by atoms with Crippen LogP contribution in [0.1, 0.15) is 23.7 Å². The Labute approximate surface area is 128 Å². The van der Waals surface area contributed by atoms with E-state index in [0.29, 0.717) is 17.1 Å². The highest BCUT2D eigenvalue weighted by Crippen LogP contribution is 2.24. The lowest BCUT2D eigenvalue weighted by Crippen LogP contribution is -2.37. The van der Waals surface area contributed by atoms with Crippen LogP contribution < -0.4 is 0 Å². The number of carbonyl (C=O) groups is 2. The molecule has 20 heavy (non-hydrogen) atoms. The minimum Gasteiger partial charge on any atom is -0.468 e. The fraction of sp³-hybridized carbons (Fsp3) is 0.429. The number of methoxy groups -OCH3 is 1. The number of nitrogens with zero attached hydrogens (tertiary/aromatic N) is 1. The lowest BCUT2D eigenvalue weighted by molar-refractivity contribution is -0.141. The molecule has 1 aromatic carbocycles. The van der Waals surface area contributed by atoms with Crippen LogP contribution >= 0.6 is 23.4 Å². The Bertz CT molecular complexity index is 493. The molecule has 110 valence electrons. The molecule has 4 nitrogen and oxygen atoms in total. The van der Waals surface area contributed by atoms with E-state index in [2.05, 4.69) is 4.74 Å². The molecule has 0 unspecified atom stereocenters. The Morgan fingerprint density at radius 2 is 2.10 bits per heavy atom. The zero-order chi connectivity index (χ0) is 15.1. The number of amides is 1. The number of hydrogen-bond donors (Lipinski definition) is 0. The summed E-state index contributed by atoms with van der Waals surface area (Å²) in [6.45, 7) is 2.36. The summed E-state index contributed by atoms with van der Waals surface area (Å²) in [6, 6.07) is 5.30. The molecule has 0 N–H and O–H groups in total. The monoisotopic (exact) mass is 315 g/mol. The highest BCUT2D eigenvalue weighted by Gasteiger charge is 2.21. The molecule has 0 heterocycles. The van der Waals surface area contributed by atoms with Gasteiger partial charge in [-0.2, -0.15) is 0 Å². The van der Waals surface area contributed by atoms with Crippen LogP contribution in [0.4, 0.5) is 0 Å².